The summed E-state index contributed by atoms with van der Waals surface area (Å²) in [5, 5.41) is 3.97. The molecule has 5 heteroatoms. The van der Waals surface area contributed by atoms with Crippen molar-refractivity contribution in [2.45, 2.75) is 26.2 Å². The number of carbonyl (C=O) groups excluding carboxylic acids is 1. The van der Waals surface area contributed by atoms with E-state index in [1.54, 1.807) is 0 Å². The largest absolute Gasteiger partial charge is 0.381 e. The van der Waals surface area contributed by atoms with Gasteiger partial charge in [0.15, 0.2) is 0 Å². The highest BCUT2D eigenvalue weighted by Crippen LogP contribution is 2.33. The molecule has 0 N–H and O–H groups in total. The van der Waals surface area contributed by atoms with Crippen molar-refractivity contribution < 1.29 is 9.53 Å². The first-order chi connectivity index (χ1) is 7.26. The van der Waals surface area contributed by atoms with Gasteiger partial charge in [-0.05, 0) is 37.7 Å². The molecule has 15 heavy (non-hydrogen) atoms. The third-order valence-electron chi connectivity index (χ3n) is 3.00. The highest BCUT2D eigenvalue weighted by atomic mass is 32.1. The maximum absolute atomic E-state index is 11.2. The molecule has 0 saturated carbocycles. The number of rotatable bonds is 3. The van der Waals surface area contributed by atoms with Crippen molar-refractivity contribution >= 4 is 17.8 Å². The lowest BCUT2D eigenvalue weighted by molar-refractivity contribution is -0.121. The molecule has 0 radical (unpaired) electrons. The van der Waals surface area contributed by atoms with Crippen LogP contribution in [0.25, 0.3) is 0 Å². The minimum absolute atomic E-state index is 0.239. The molecule has 1 aromatic rings. The summed E-state index contributed by atoms with van der Waals surface area (Å²) in [7, 11) is 0. The highest BCUT2D eigenvalue weighted by molar-refractivity contribution is 7.05. The van der Waals surface area contributed by atoms with Gasteiger partial charge in [-0.1, -0.05) is 4.49 Å². The Morgan fingerprint density at radius 3 is 2.80 bits per heavy atom. The molecule has 1 fully saturated rings. The van der Waals surface area contributed by atoms with Crippen molar-refractivity contribution in [3.05, 3.63) is 10.6 Å². The Balaban J connectivity index is 2.13. The maximum Gasteiger partial charge on any atom is 0.126 e. The molecule has 2 heterocycles. The van der Waals surface area contributed by atoms with Gasteiger partial charge in [-0.25, -0.2) is 0 Å². The Bertz CT molecular complexity index is 345. The normalized spacial score (nSPS) is 20.1. The lowest BCUT2D eigenvalue weighted by Gasteiger charge is -2.31. The molecule has 0 aliphatic carbocycles. The number of aldehydes is 1. The van der Waals surface area contributed by atoms with E-state index in [1.807, 2.05) is 6.92 Å². The summed E-state index contributed by atoms with van der Waals surface area (Å²) >= 11 is 1.40. The molecule has 0 aromatic carbocycles. The van der Waals surface area contributed by atoms with Gasteiger partial charge in [0, 0.05) is 23.5 Å². The quantitative estimate of drug-likeness (QED) is 0.731. The van der Waals surface area contributed by atoms with E-state index < -0.39 is 0 Å². The number of carbonyl (C=O) groups is 1. The second kappa shape index (κ2) is 4.37. The molecule has 1 aliphatic heterocycles. The number of hydrogen-bond donors (Lipinski definition) is 0. The van der Waals surface area contributed by atoms with E-state index in [4.69, 9.17) is 4.74 Å². The summed E-state index contributed by atoms with van der Waals surface area (Å²) in [5.41, 5.74) is 0.713. The third kappa shape index (κ3) is 2.23. The third-order valence-corrected chi connectivity index (χ3v) is 3.82. The zero-order valence-corrected chi connectivity index (χ0v) is 9.55. The Kier molecular flexibility index (Phi) is 3.11. The van der Waals surface area contributed by atoms with Crippen molar-refractivity contribution in [1.29, 1.82) is 0 Å². The molecule has 0 spiro atoms. The van der Waals surface area contributed by atoms with E-state index in [1.165, 1.54) is 11.5 Å². The maximum atomic E-state index is 11.2. The fourth-order valence-electron chi connectivity index (χ4n) is 1.85. The molecule has 2 rings (SSSR count). The van der Waals surface area contributed by atoms with Crippen LogP contribution in [0.15, 0.2) is 0 Å². The topological polar surface area (TPSA) is 52.1 Å². The Morgan fingerprint density at radius 1 is 1.53 bits per heavy atom. The molecule has 0 amide bonds. The fourth-order valence-corrected chi connectivity index (χ4v) is 2.63. The first-order valence-corrected chi connectivity index (χ1v) is 5.85. The zero-order valence-electron chi connectivity index (χ0n) is 8.73. The van der Waals surface area contributed by atoms with Gasteiger partial charge < -0.3 is 9.53 Å². The molecular formula is C10H14N2O2S. The number of nitrogens with zero attached hydrogens (tertiary/aromatic N) is 2. The van der Waals surface area contributed by atoms with Crippen LogP contribution >= 0.6 is 11.5 Å². The fraction of sp³-hybridized carbons (Fsp3) is 0.700. The molecule has 82 valence electrons. The van der Waals surface area contributed by atoms with Crippen LogP contribution in [0.4, 0.5) is 0 Å². The monoisotopic (exact) mass is 226 g/mol. The molecular weight excluding hydrogens is 212 g/mol. The number of hydrogen-bond acceptors (Lipinski definition) is 5. The molecule has 0 unspecified atom stereocenters. The molecule has 1 aromatic heterocycles. The molecule has 0 bridgehead atoms. The van der Waals surface area contributed by atoms with Crippen LogP contribution in [-0.4, -0.2) is 29.1 Å². The van der Waals surface area contributed by atoms with Crippen LogP contribution < -0.4 is 0 Å². The van der Waals surface area contributed by atoms with Crippen LogP contribution in [0, 0.1) is 12.3 Å². The second-order valence-electron chi connectivity index (χ2n) is 4.05. The van der Waals surface area contributed by atoms with Gasteiger partial charge in [0.25, 0.3) is 0 Å². The molecule has 1 aliphatic rings. The van der Waals surface area contributed by atoms with E-state index >= 15 is 0 Å². The predicted molar refractivity (Wildman–Crippen MR) is 56.9 cm³/mol. The van der Waals surface area contributed by atoms with Crippen LogP contribution in [0.1, 0.15) is 23.4 Å². The number of aryl methyl sites for hydroxylation is 1. The van der Waals surface area contributed by atoms with Crippen molar-refractivity contribution in [1.82, 2.24) is 9.59 Å². The van der Waals surface area contributed by atoms with Crippen molar-refractivity contribution in [2.75, 3.05) is 13.2 Å². The van der Waals surface area contributed by atoms with Gasteiger partial charge in [0.2, 0.25) is 0 Å². The van der Waals surface area contributed by atoms with Gasteiger partial charge >= 0.3 is 0 Å². The van der Waals surface area contributed by atoms with Crippen LogP contribution in [0.3, 0.4) is 0 Å². The minimum Gasteiger partial charge on any atom is -0.381 e. The summed E-state index contributed by atoms with van der Waals surface area (Å²) in [6, 6.07) is 0. The molecule has 0 atom stereocenters. The van der Waals surface area contributed by atoms with E-state index in [0.29, 0.717) is 13.2 Å². The van der Waals surface area contributed by atoms with Gasteiger partial charge in [-0.2, -0.15) is 0 Å². The molecule has 1 saturated heterocycles. The Labute approximate surface area is 92.8 Å². The summed E-state index contributed by atoms with van der Waals surface area (Å²) in [4.78, 5) is 12.4. The minimum atomic E-state index is -0.239. The van der Waals surface area contributed by atoms with E-state index in [0.717, 1.165) is 36.1 Å². The van der Waals surface area contributed by atoms with Gasteiger partial charge in [-0.3, -0.25) is 0 Å². The Morgan fingerprint density at radius 2 is 2.27 bits per heavy atom. The van der Waals surface area contributed by atoms with E-state index in [-0.39, 0.29) is 5.41 Å². The zero-order chi connectivity index (χ0) is 10.7. The van der Waals surface area contributed by atoms with Crippen molar-refractivity contribution in [2.24, 2.45) is 5.41 Å². The summed E-state index contributed by atoms with van der Waals surface area (Å²) in [6.07, 6.45) is 3.49. The van der Waals surface area contributed by atoms with Gasteiger partial charge in [0.1, 0.15) is 6.29 Å². The lowest BCUT2D eigenvalue weighted by Crippen LogP contribution is -2.33. The van der Waals surface area contributed by atoms with Crippen LogP contribution in [0.5, 0.6) is 0 Å². The average molecular weight is 226 g/mol. The first-order valence-electron chi connectivity index (χ1n) is 5.08. The predicted octanol–water partition coefficient (Wildman–Crippen LogP) is 1.38. The number of aromatic nitrogens is 2. The van der Waals surface area contributed by atoms with Crippen molar-refractivity contribution in [3.8, 4) is 0 Å². The summed E-state index contributed by atoms with van der Waals surface area (Å²) < 4.78 is 9.19. The smallest absolute Gasteiger partial charge is 0.126 e. The SMILES string of the molecule is Cc1nnsc1CC1(C=O)CCOCC1. The lowest BCUT2D eigenvalue weighted by atomic mass is 9.78. The highest BCUT2D eigenvalue weighted by Gasteiger charge is 2.33. The average Bonchev–Trinajstić information content (AvgIpc) is 2.66. The second-order valence-corrected chi connectivity index (χ2v) is 4.89. The van der Waals surface area contributed by atoms with Crippen molar-refractivity contribution in [3.63, 3.8) is 0 Å². The van der Waals surface area contributed by atoms with Gasteiger partial charge in [-0.15, -0.1) is 5.10 Å². The van der Waals surface area contributed by atoms with Gasteiger partial charge in [0.05, 0.1) is 5.69 Å². The standard InChI is InChI=1S/C10H14N2O2S/c1-8-9(15-12-11-8)6-10(7-13)2-4-14-5-3-10/h7H,2-6H2,1H3. The van der Waals surface area contributed by atoms with E-state index in [2.05, 4.69) is 9.59 Å². The van der Waals surface area contributed by atoms with E-state index in [9.17, 15) is 4.79 Å². The Hall–Kier alpha value is -0.810. The first kappa shape index (κ1) is 10.7. The number of ether oxygens (including phenoxy) is 1. The van der Waals surface area contributed by atoms with Crippen LogP contribution in [0.2, 0.25) is 0 Å². The molecule has 4 nitrogen and oxygen atoms in total. The summed E-state index contributed by atoms with van der Waals surface area (Å²) in [6.45, 7) is 3.31. The van der Waals surface area contributed by atoms with Crippen LogP contribution in [-0.2, 0) is 16.0 Å². The summed E-state index contributed by atoms with van der Waals surface area (Å²) in [5.74, 6) is 0.